The molecule has 0 bridgehead atoms. The Morgan fingerprint density at radius 2 is 1.70 bits per heavy atom. The Balaban J connectivity index is 1.91. The number of imidazole rings is 1. The molecule has 4 rings (SSSR count). The highest BCUT2D eigenvalue weighted by Gasteiger charge is 2.15. The van der Waals surface area contributed by atoms with Gasteiger partial charge in [-0.3, -0.25) is 4.57 Å². The Kier molecular flexibility index (Phi) is 3.31. The van der Waals surface area contributed by atoms with Gasteiger partial charge >= 0.3 is 0 Å². The number of pyridine rings is 2. The Morgan fingerprint density at radius 3 is 2.52 bits per heavy atom. The smallest absolute Gasteiger partial charge is 0.165 e. The van der Waals surface area contributed by atoms with Gasteiger partial charge in [-0.15, -0.1) is 0 Å². The van der Waals surface area contributed by atoms with Crippen molar-refractivity contribution >= 4 is 11.2 Å². The molecule has 0 radical (unpaired) electrons. The zero-order valence-electron chi connectivity index (χ0n) is 12.2. The van der Waals surface area contributed by atoms with Crippen LogP contribution in [0.5, 0.6) is 0 Å². The Bertz CT molecular complexity index is 963. The fourth-order valence-corrected chi connectivity index (χ4v) is 2.62. The average molecular weight is 304 g/mol. The third-order valence-electron chi connectivity index (χ3n) is 3.67. The second-order valence-electron chi connectivity index (χ2n) is 5.17. The molecule has 0 amide bonds. The fraction of sp³-hybridized carbons (Fsp3) is 0.0556. The Labute approximate surface area is 132 Å². The second kappa shape index (κ2) is 5.61. The standard InChI is InChI=1S/C18H13FN4/c19-14-7-2-1-6-13(14)12-17-22-15-8-5-11-21-18(15)23(17)16-9-3-4-10-20-16/h1-11H,12H2. The van der Waals surface area contributed by atoms with Crippen LogP contribution in [-0.2, 0) is 6.42 Å². The number of aromatic nitrogens is 4. The van der Waals surface area contributed by atoms with E-state index in [1.807, 2.05) is 41.0 Å². The van der Waals surface area contributed by atoms with Crippen molar-refractivity contribution in [3.63, 3.8) is 0 Å². The van der Waals surface area contributed by atoms with Crippen LogP contribution in [0.4, 0.5) is 4.39 Å². The van der Waals surface area contributed by atoms with E-state index in [1.165, 1.54) is 6.07 Å². The predicted molar refractivity (Wildman–Crippen MR) is 85.9 cm³/mol. The molecule has 0 unspecified atom stereocenters. The third kappa shape index (κ3) is 2.46. The zero-order chi connectivity index (χ0) is 15.6. The van der Waals surface area contributed by atoms with Crippen molar-refractivity contribution in [2.24, 2.45) is 0 Å². The van der Waals surface area contributed by atoms with Crippen LogP contribution in [0.3, 0.4) is 0 Å². The summed E-state index contributed by atoms with van der Waals surface area (Å²) in [5.41, 5.74) is 2.09. The number of benzene rings is 1. The van der Waals surface area contributed by atoms with Crippen LogP contribution in [0.1, 0.15) is 11.4 Å². The van der Waals surface area contributed by atoms with E-state index in [0.717, 1.165) is 17.0 Å². The van der Waals surface area contributed by atoms with Gasteiger partial charge in [0, 0.05) is 18.8 Å². The first-order valence-corrected chi connectivity index (χ1v) is 7.30. The van der Waals surface area contributed by atoms with Crippen LogP contribution in [0.15, 0.2) is 67.0 Å². The van der Waals surface area contributed by atoms with Gasteiger partial charge in [-0.2, -0.15) is 0 Å². The molecule has 0 atom stereocenters. The summed E-state index contributed by atoms with van der Waals surface area (Å²) < 4.78 is 15.9. The maximum atomic E-state index is 14.0. The molecule has 3 heterocycles. The van der Waals surface area contributed by atoms with E-state index in [4.69, 9.17) is 0 Å². The Morgan fingerprint density at radius 1 is 0.870 bits per heavy atom. The van der Waals surface area contributed by atoms with Gasteiger partial charge in [0.25, 0.3) is 0 Å². The van der Waals surface area contributed by atoms with E-state index >= 15 is 0 Å². The Hall–Kier alpha value is -3.08. The molecule has 4 nitrogen and oxygen atoms in total. The molecular weight excluding hydrogens is 291 g/mol. The lowest BCUT2D eigenvalue weighted by Gasteiger charge is -2.08. The molecule has 0 saturated heterocycles. The molecule has 0 fully saturated rings. The highest BCUT2D eigenvalue weighted by Crippen LogP contribution is 2.21. The topological polar surface area (TPSA) is 43.6 Å². The minimum absolute atomic E-state index is 0.236. The van der Waals surface area contributed by atoms with Gasteiger partial charge in [0.05, 0.1) is 0 Å². The summed E-state index contributed by atoms with van der Waals surface area (Å²) in [5.74, 6) is 1.20. The molecule has 112 valence electrons. The lowest BCUT2D eigenvalue weighted by Crippen LogP contribution is -2.05. The predicted octanol–water partition coefficient (Wildman–Crippen LogP) is 3.55. The minimum atomic E-state index is -0.236. The summed E-state index contributed by atoms with van der Waals surface area (Å²) in [6.45, 7) is 0. The first kappa shape index (κ1) is 13.6. The number of nitrogens with zero attached hydrogens (tertiary/aromatic N) is 4. The number of hydrogen-bond acceptors (Lipinski definition) is 3. The summed E-state index contributed by atoms with van der Waals surface area (Å²) in [6.07, 6.45) is 3.81. The van der Waals surface area contributed by atoms with Gasteiger partial charge in [-0.25, -0.2) is 19.3 Å². The molecule has 1 aromatic carbocycles. The molecule has 5 heteroatoms. The van der Waals surface area contributed by atoms with Gasteiger partial charge in [0.15, 0.2) is 5.65 Å². The summed E-state index contributed by atoms with van der Waals surface area (Å²) in [6, 6.07) is 16.1. The van der Waals surface area contributed by atoms with Crippen LogP contribution < -0.4 is 0 Å². The van der Waals surface area contributed by atoms with Crippen LogP contribution >= 0.6 is 0 Å². The van der Waals surface area contributed by atoms with Crippen LogP contribution in [0.2, 0.25) is 0 Å². The molecular formula is C18H13FN4. The number of halogens is 1. The minimum Gasteiger partial charge on any atom is -0.264 e. The van der Waals surface area contributed by atoms with Gasteiger partial charge in [-0.1, -0.05) is 24.3 Å². The molecule has 0 spiro atoms. The van der Waals surface area contributed by atoms with E-state index in [2.05, 4.69) is 15.0 Å². The lowest BCUT2D eigenvalue weighted by molar-refractivity contribution is 0.611. The first-order chi connectivity index (χ1) is 11.3. The fourth-order valence-electron chi connectivity index (χ4n) is 2.62. The van der Waals surface area contributed by atoms with Crippen molar-refractivity contribution < 1.29 is 4.39 Å². The summed E-state index contributed by atoms with van der Waals surface area (Å²) in [7, 11) is 0. The second-order valence-corrected chi connectivity index (χ2v) is 5.17. The molecule has 0 N–H and O–H groups in total. The SMILES string of the molecule is Fc1ccccc1Cc1nc2cccnc2n1-c1ccccn1. The maximum Gasteiger partial charge on any atom is 0.165 e. The van der Waals surface area contributed by atoms with Gasteiger partial charge in [0.1, 0.15) is 23.0 Å². The van der Waals surface area contributed by atoms with Crippen LogP contribution in [-0.4, -0.2) is 19.5 Å². The molecule has 3 aromatic heterocycles. The van der Waals surface area contributed by atoms with Crippen molar-refractivity contribution in [2.75, 3.05) is 0 Å². The quantitative estimate of drug-likeness (QED) is 0.581. The monoisotopic (exact) mass is 304 g/mol. The van der Waals surface area contributed by atoms with Crippen LogP contribution in [0, 0.1) is 5.82 Å². The summed E-state index contributed by atoms with van der Waals surface area (Å²) in [5, 5.41) is 0. The lowest BCUT2D eigenvalue weighted by atomic mass is 10.1. The van der Waals surface area contributed by atoms with E-state index in [1.54, 1.807) is 24.5 Å². The van der Waals surface area contributed by atoms with E-state index in [9.17, 15) is 4.39 Å². The van der Waals surface area contributed by atoms with Crippen molar-refractivity contribution in [1.82, 2.24) is 19.5 Å². The molecule has 23 heavy (non-hydrogen) atoms. The largest absolute Gasteiger partial charge is 0.264 e. The molecule has 0 aliphatic carbocycles. The molecule has 0 aliphatic rings. The van der Waals surface area contributed by atoms with E-state index in [-0.39, 0.29) is 5.82 Å². The molecule has 4 aromatic rings. The van der Waals surface area contributed by atoms with Crippen molar-refractivity contribution in [3.8, 4) is 5.82 Å². The number of hydrogen-bond donors (Lipinski definition) is 0. The summed E-state index contributed by atoms with van der Waals surface area (Å²) >= 11 is 0. The maximum absolute atomic E-state index is 14.0. The van der Waals surface area contributed by atoms with E-state index < -0.39 is 0 Å². The normalized spacial score (nSPS) is 11.0. The zero-order valence-corrected chi connectivity index (χ0v) is 12.2. The van der Waals surface area contributed by atoms with Crippen molar-refractivity contribution in [1.29, 1.82) is 0 Å². The van der Waals surface area contributed by atoms with Crippen molar-refractivity contribution in [3.05, 3.63) is 84.2 Å². The van der Waals surface area contributed by atoms with Gasteiger partial charge < -0.3 is 0 Å². The highest BCUT2D eigenvalue weighted by atomic mass is 19.1. The molecule has 0 aliphatic heterocycles. The highest BCUT2D eigenvalue weighted by molar-refractivity contribution is 5.73. The summed E-state index contributed by atoms with van der Waals surface area (Å²) in [4.78, 5) is 13.4. The van der Waals surface area contributed by atoms with Crippen LogP contribution in [0.25, 0.3) is 17.0 Å². The van der Waals surface area contributed by atoms with Crippen molar-refractivity contribution in [2.45, 2.75) is 6.42 Å². The number of rotatable bonds is 3. The first-order valence-electron chi connectivity index (χ1n) is 7.30. The van der Waals surface area contributed by atoms with E-state index in [0.29, 0.717) is 17.8 Å². The van der Waals surface area contributed by atoms with Gasteiger partial charge in [0.2, 0.25) is 0 Å². The molecule has 0 saturated carbocycles. The number of fused-ring (bicyclic) bond motifs is 1. The van der Waals surface area contributed by atoms with Gasteiger partial charge in [-0.05, 0) is 35.9 Å². The third-order valence-corrected chi connectivity index (χ3v) is 3.67. The average Bonchev–Trinajstić information content (AvgIpc) is 2.95.